The molecule has 6 heteroatoms. The summed E-state index contributed by atoms with van der Waals surface area (Å²) in [6, 6.07) is 8.15. The molecule has 1 heterocycles. The van der Waals surface area contributed by atoms with Crippen LogP contribution < -0.4 is 0 Å². The molecule has 0 spiro atoms. The van der Waals surface area contributed by atoms with Crippen molar-refractivity contribution in [3.63, 3.8) is 0 Å². The van der Waals surface area contributed by atoms with Crippen molar-refractivity contribution in [3.05, 3.63) is 41.6 Å². The predicted octanol–water partition coefficient (Wildman–Crippen LogP) is 2.91. The van der Waals surface area contributed by atoms with Gasteiger partial charge >= 0.3 is 6.18 Å². The van der Waals surface area contributed by atoms with Gasteiger partial charge in [0.1, 0.15) is 0 Å². The Hall–Kier alpha value is -1.98. The van der Waals surface area contributed by atoms with Gasteiger partial charge in [-0.25, -0.2) is 4.68 Å². The lowest BCUT2D eigenvalue weighted by Crippen LogP contribution is -2.08. The average molecular weight is 242 g/mol. The maximum atomic E-state index is 12.6. The number of hydrogen-bond donors (Lipinski definition) is 1. The Kier molecular flexibility index (Phi) is 2.57. The SMILES string of the molecule is Cc1c(C(F)(F)F)nn(-c2ccccc2)c1O. The minimum atomic E-state index is -4.57. The standard InChI is InChI=1S/C11H9F3N2O/c1-7-9(11(12,13)14)15-16(10(7)17)8-5-3-2-4-6-8/h2-6,17H,1H3. The van der Waals surface area contributed by atoms with Crippen molar-refractivity contribution in [3.8, 4) is 11.6 Å². The number of benzene rings is 1. The number of aromatic hydroxyl groups is 1. The van der Waals surface area contributed by atoms with E-state index in [1.807, 2.05) is 0 Å². The highest BCUT2D eigenvalue weighted by Crippen LogP contribution is 2.35. The van der Waals surface area contributed by atoms with Crippen molar-refractivity contribution < 1.29 is 18.3 Å². The van der Waals surface area contributed by atoms with Crippen molar-refractivity contribution >= 4 is 0 Å². The van der Waals surface area contributed by atoms with Gasteiger partial charge in [0.2, 0.25) is 5.88 Å². The maximum absolute atomic E-state index is 12.6. The molecule has 0 aliphatic heterocycles. The van der Waals surface area contributed by atoms with Crippen LogP contribution in [-0.2, 0) is 6.18 Å². The Morgan fingerprint density at radius 3 is 2.24 bits per heavy atom. The third-order valence-electron chi connectivity index (χ3n) is 2.36. The molecular weight excluding hydrogens is 233 g/mol. The molecule has 0 aliphatic rings. The molecule has 0 fully saturated rings. The summed E-state index contributed by atoms with van der Waals surface area (Å²) in [5.74, 6) is -0.497. The monoisotopic (exact) mass is 242 g/mol. The summed E-state index contributed by atoms with van der Waals surface area (Å²) in [7, 11) is 0. The van der Waals surface area contributed by atoms with Gasteiger partial charge in [-0.3, -0.25) is 0 Å². The molecule has 0 bridgehead atoms. The topological polar surface area (TPSA) is 38.0 Å². The van der Waals surface area contributed by atoms with Crippen LogP contribution >= 0.6 is 0 Å². The Bertz CT molecular complexity index is 532. The second kappa shape index (κ2) is 3.80. The smallest absolute Gasteiger partial charge is 0.435 e. The summed E-state index contributed by atoms with van der Waals surface area (Å²) >= 11 is 0. The lowest BCUT2D eigenvalue weighted by atomic mass is 10.2. The van der Waals surface area contributed by atoms with Crippen molar-refractivity contribution in [2.45, 2.75) is 13.1 Å². The second-order valence-electron chi connectivity index (χ2n) is 3.54. The summed E-state index contributed by atoms with van der Waals surface area (Å²) in [6.45, 7) is 1.19. The number of alkyl halides is 3. The van der Waals surface area contributed by atoms with Crippen LogP contribution in [0.2, 0.25) is 0 Å². The molecular formula is C11H9F3N2O. The highest BCUT2D eigenvalue weighted by atomic mass is 19.4. The number of rotatable bonds is 1. The summed E-state index contributed by atoms with van der Waals surface area (Å²) in [6.07, 6.45) is -4.57. The number of aromatic nitrogens is 2. The third kappa shape index (κ3) is 1.98. The summed E-state index contributed by atoms with van der Waals surface area (Å²) in [4.78, 5) is 0. The van der Waals surface area contributed by atoms with Gasteiger partial charge in [-0.05, 0) is 19.1 Å². The Labute approximate surface area is 95.1 Å². The van der Waals surface area contributed by atoms with E-state index in [2.05, 4.69) is 5.10 Å². The molecule has 1 aromatic heterocycles. The molecule has 0 saturated heterocycles. The first-order valence-electron chi connectivity index (χ1n) is 4.82. The number of nitrogens with zero attached hydrogens (tertiary/aromatic N) is 2. The summed E-state index contributed by atoms with van der Waals surface area (Å²) < 4.78 is 38.6. The molecule has 0 amide bonds. The number of hydrogen-bond acceptors (Lipinski definition) is 2. The molecule has 0 saturated carbocycles. The van der Waals surface area contributed by atoms with Crippen molar-refractivity contribution in [1.29, 1.82) is 0 Å². The Morgan fingerprint density at radius 2 is 1.76 bits per heavy atom. The zero-order chi connectivity index (χ0) is 12.6. The Morgan fingerprint density at radius 1 is 1.18 bits per heavy atom. The molecule has 3 nitrogen and oxygen atoms in total. The first-order valence-corrected chi connectivity index (χ1v) is 4.82. The molecule has 90 valence electrons. The van der Waals surface area contributed by atoms with Crippen LogP contribution in [-0.4, -0.2) is 14.9 Å². The van der Waals surface area contributed by atoms with Crippen molar-refractivity contribution in [1.82, 2.24) is 9.78 Å². The highest BCUT2D eigenvalue weighted by Gasteiger charge is 2.38. The molecule has 1 N–H and O–H groups in total. The van der Waals surface area contributed by atoms with Gasteiger partial charge < -0.3 is 5.11 Å². The van der Waals surface area contributed by atoms with Gasteiger partial charge in [-0.15, -0.1) is 0 Å². The fourth-order valence-electron chi connectivity index (χ4n) is 1.51. The van der Waals surface area contributed by atoms with Crippen LogP contribution in [0.25, 0.3) is 5.69 Å². The molecule has 1 aromatic carbocycles. The van der Waals surface area contributed by atoms with Gasteiger partial charge in [0.25, 0.3) is 0 Å². The summed E-state index contributed by atoms with van der Waals surface area (Å²) in [5, 5.41) is 13.0. The van der Waals surface area contributed by atoms with Crippen LogP contribution in [0.15, 0.2) is 30.3 Å². The highest BCUT2D eigenvalue weighted by molar-refractivity contribution is 5.40. The third-order valence-corrected chi connectivity index (χ3v) is 2.36. The zero-order valence-electron chi connectivity index (χ0n) is 8.86. The summed E-state index contributed by atoms with van der Waals surface area (Å²) in [5.41, 5.74) is -0.969. The van der Waals surface area contributed by atoms with Gasteiger partial charge in [0.05, 0.1) is 5.69 Å². The second-order valence-corrected chi connectivity index (χ2v) is 3.54. The molecule has 17 heavy (non-hydrogen) atoms. The lowest BCUT2D eigenvalue weighted by Gasteiger charge is -2.02. The molecule has 0 aliphatic carbocycles. The normalized spacial score (nSPS) is 11.8. The van der Waals surface area contributed by atoms with E-state index in [9.17, 15) is 18.3 Å². The minimum absolute atomic E-state index is 0.277. The van der Waals surface area contributed by atoms with Gasteiger partial charge in [0.15, 0.2) is 5.69 Å². The maximum Gasteiger partial charge on any atom is 0.435 e. The Balaban J connectivity index is 2.59. The molecule has 0 radical (unpaired) electrons. The van der Waals surface area contributed by atoms with Gasteiger partial charge in [-0.2, -0.15) is 18.3 Å². The lowest BCUT2D eigenvalue weighted by molar-refractivity contribution is -0.141. The van der Waals surface area contributed by atoms with Gasteiger partial charge in [-0.1, -0.05) is 18.2 Å². The van der Waals surface area contributed by atoms with Crippen molar-refractivity contribution in [2.75, 3.05) is 0 Å². The quantitative estimate of drug-likeness (QED) is 0.834. The predicted molar refractivity (Wildman–Crippen MR) is 55.0 cm³/mol. The van der Waals surface area contributed by atoms with E-state index >= 15 is 0 Å². The van der Waals surface area contributed by atoms with Crippen LogP contribution in [0, 0.1) is 6.92 Å². The average Bonchev–Trinajstić information content (AvgIpc) is 2.57. The fraction of sp³-hybridized carbons (Fsp3) is 0.182. The van der Waals surface area contributed by atoms with E-state index < -0.39 is 17.8 Å². The van der Waals surface area contributed by atoms with Crippen molar-refractivity contribution in [2.24, 2.45) is 0 Å². The van der Waals surface area contributed by atoms with Crippen LogP contribution in [0.4, 0.5) is 13.2 Å². The first kappa shape index (κ1) is 11.5. The van der Waals surface area contributed by atoms with E-state index in [1.54, 1.807) is 30.3 Å². The molecule has 2 aromatic rings. The minimum Gasteiger partial charge on any atom is -0.493 e. The number of halogens is 3. The van der Waals surface area contributed by atoms with E-state index in [-0.39, 0.29) is 5.56 Å². The van der Waals surface area contributed by atoms with Crippen LogP contribution in [0.3, 0.4) is 0 Å². The molecule has 0 atom stereocenters. The largest absolute Gasteiger partial charge is 0.493 e. The van der Waals surface area contributed by atoms with E-state index in [0.717, 1.165) is 4.68 Å². The molecule has 0 unspecified atom stereocenters. The fourth-order valence-corrected chi connectivity index (χ4v) is 1.51. The van der Waals surface area contributed by atoms with E-state index in [0.29, 0.717) is 5.69 Å². The molecule has 2 rings (SSSR count). The van der Waals surface area contributed by atoms with Gasteiger partial charge in [0, 0.05) is 5.56 Å². The van der Waals surface area contributed by atoms with Crippen LogP contribution in [0.1, 0.15) is 11.3 Å². The first-order chi connectivity index (χ1) is 7.91. The van der Waals surface area contributed by atoms with Crippen LogP contribution in [0.5, 0.6) is 5.88 Å². The van der Waals surface area contributed by atoms with E-state index in [4.69, 9.17) is 0 Å². The zero-order valence-corrected chi connectivity index (χ0v) is 8.86. The van der Waals surface area contributed by atoms with E-state index in [1.165, 1.54) is 6.92 Å². The number of para-hydroxylation sites is 1.